The van der Waals surface area contributed by atoms with Crippen LogP contribution in [0.5, 0.6) is 0 Å². The molecule has 2 aromatic carbocycles. The van der Waals surface area contributed by atoms with Gasteiger partial charge in [0.15, 0.2) is 5.82 Å². The predicted octanol–water partition coefficient (Wildman–Crippen LogP) is 5.48. The molecule has 0 radical (unpaired) electrons. The topological polar surface area (TPSA) is 67.8 Å². The average molecular weight is 420 g/mol. The maximum Gasteiger partial charge on any atom is 0.418 e. The van der Waals surface area contributed by atoms with Crippen molar-refractivity contribution in [2.75, 3.05) is 5.32 Å². The molecule has 0 aliphatic rings. The smallest absolute Gasteiger partial charge is 0.321 e. The number of hydrogen-bond donors (Lipinski definition) is 1. The Kier molecular flexibility index (Phi) is 5.44. The van der Waals surface area contributed by atoms with Gasteiger partial charge < -0.3 is 5.32 Å². The Morgan fingerprint density at radius 3 is 2.23 bits per heavy atom. The van der Waals surface area contributed by atoms with Crippen LogP contribution >= 0.6 is 0 Å². The highest BCUT2D eigenvalue weighted by Crippen LogP contribution is 2.35. The molecule has 2 aromatic heterocycles. The van der Waals surface area contributed by atoms with Crippen molar-refractivity contribution >= 4 is 11.6 Å². The Hall–Kier alpha value is -4.07. The summed E-state index contributed by atoms with van der Waals surface area (Å²) in [7, 11) is 0. The number of carbonyl (C=O) groups excluding carboxylic acids is 1. The van der Waals surface area contributed by atoms with Crippen molar-refractivity contribution in [1.29, 1.82) is 0 Å². The van der Waals surface area contributed by atoms with Gasteiger partial charge in [-0.3, -0.25) is 9.78 Å². The summed E-state index contributed by atoms with van der Waals surface area (Å²) in [6.45, 7) is 0. The lowest BCUT2D eigenvalue weighted by Crippen LogP contribution is -2.18. The maximum atomic E-state index is 13.3. The molecule has 31 heavy (non-hydrogen) atoms. The molecule has 0 unspecified atom stereocenters. The van der Waals surface area contributed by atoms with E-state index in [-0.39, 0.29) is 11.3 Å². The Morgan fingerprint density at radius 2 is 1.52 bits per heavy atom. The Labute approximate surface area is 175 Å². The van der Waals surface area contributed by atoms with Crippen LogP contribution in [-0.2, 0) is 6.18 Å². The number of benzene rings is 2. The number of halogens is 3. The maximum absolute atomic E-state index is 13.3. The zero-order valence-corrected chi connectivity index (χ0v) is 16.0. The minimum absolute atomic E-state index is 0.0443. The SMILES string of the molecule is O=C(Nc1ccccc1C(F)(F)F)c1cnc(-c2ccccc2)nc1-c1ccncc1. The summed E-state index contributed by atoms with van der Waals surface area (Å²) >= 11 is 0. The Morgan fingerprint density at radius 1 is 0.839 bits per heavy atom. The second kappa shape index (κ2) is 8.35. The summed E-state index contributed by atoms with van der Waals surface area (Å²) in [6, 6.07) is 17.3. The molecule has 0 saturated carbocycles. The molecule has 0 spiro atoms. The van der Waals surface area contributed by atoms with Gasteiger partial charge in [-0.15, -0.1) is 0 Å². The molecule has 0 fully saturated rings. The van der Waals surface area contributed by atoms with Crippen LogP contribution in [-0.4, -0.2) is 20.9 Å². The number of hydrogen-bond acceptors (Lipinski definition) is 4. The van der Waals surface area contributed by atoms with Crippen LogP contribution in [0.4, 0.5) is 18.9 Å². The molecule has 2 heterocycles. The van der Waals surface area contributed by atoms with Crippen molar-refractivity contribution < 1.29 is 18.0 Å². The lowest BCUT2D eigenvalue weighted by atomic mass is 10.1. The lowest BCUT2D eigenvalue weighted by Gasteiger charge is -2.15. The van der Waals surface area contributed by atoms with Crippen molar-refractivity contribution in [2.24, 2.45) is 0 Å². The summed E-state index contributed by atoms with van der Waals surface area (Å²) < 4.78 is 39.9. The minimum Gasteiger partial charge on any atom is -0.321 e. The second-order valence-electron chi connectivity index (χ2n) is 6.56. The van der Waals surface area contributed by atoms with Crippen molar-refractivity contribution in [3.63, 3.8) is 0 Å². The fourth-order valence-corrected chi connectivity index (χ4v) is 3.03. The Balaban J connectivity index is 1.77. The van der Waals surface area contributed by atoms with Crippen LogP contribution in [0.3, 0.4) is 0 Å². The van der Waals surface area contributed by atoms with Crippen LogP contribution in [0.15, 0.2) is 85.3 Å². The molecule has 0 saturated heterocycles. The number of nitrogens with zero attached hydrogens (tertiary/aromatic N) is 3. The first kappa shape index (κ1) is 20.2. The zero-order chi connectivity index (χ0) is 21.8. The third kappa shape index (κ3) is 4.42. The number of carbonyl (C=O) groups is 1. The van der Waals surface area contributed by atoms with E-state index in [0.717, 1.165) is 11.6 Å². The molecule has 0 atom stereocenters. The summed E-state index contributed by atoms with van der Waals surface area (Å²) in [5.41, 5.74) is 0.389. The quantitative estimate of drug-likeness (QED) is 0.475. The molecule has 4 rings (SSSR count). The fourth-order valence-electron chi connectivity index (χ4n) is 3.03. The molecule has 1 amide bonds. The molecule has 8 heteroatoms. The van der Waals surface area contributed by atoms with Crippen LogP contribution in [0.25, 0.3) is 22.6 Å². The van der Waals surface area contributed by atoms with Gasteiger partial charge in [-0.2, -0.15) is 13.2 Å². The monoisotopic (exact) mass is 420 g/mol. The van der Waals surface area contributed by atoms with Gasteiger partial charge >= 0.3 is 6.18 Å². The molecular formula is C23H15F3N4O. The van der Waals surface area contributed by atoms with Gasteiger partial charge in [0.05, 0.1) is 22.5 Å². The highest BCUT2D eigenvalue weighted by molar-refractivity contribution is 6.08. The van der Waals surface area contributed by atoms with Gasteiger partial charge in [-0.25, -0.2) is 9.97 Å². The number of alkyl halides is 3. The molecule has 1 N–H and O–H groups in total. The molecular weight excluding hydrogens is 405 g/mol. The van der Waals surface area contributed by atoms with E-state index in [9.17, 15) is 18.0 Å². The molecule has 0 aliphatic heterocycles. The summed E-state index contributed by atoms with van der Waals surface area (Å²) in [5, 5.41) is 2.35. The van der Waals surface area contributed by atoms with E-state index in [1.165, 1.54) is 24.4 Å². The number of aromatic nitrogens is 3. The van der Waals surface area contributed by atoms with Gasteiger partial charge in [0, 0.05) is 29.7 Å². The van der Waals surface area contributed by atoms with Gasteiger partial charge in [-0.05, 0) is 24.3 Å². The predicted molar refractivity (Wildman–Crippen MR) is 110 cm³/mol. The standard InChI is InChI=1S/C23H15F3N4O/c24-23(25,26)18-8-4-5-9-19(18)29-22(31)17-14-28-21(16-6-2-1-3-7-16)30-20(17)15-10-12-27-13-11-15/h1-14H,(H,29,31). The first-order valence-electron chi connectivity index (χ1n) is 9.24. The van der Waals surface area contributed by atoms with Crippen molar-refractivity contribution in [2.45, 2.75) is 6.18 Å². The van der Waals surface area contributed by atoms with E-state index in [1.54, 1.807) is 24.5 Å². The first-order chi connectivity index (χ1) is 14.9. The second-order valence-corrected chi connectivity index (χ2v) is 6.56. The van der Waals surface area contributed by atoms with Crippen LogP contribution in [0.1, 0.15) is 15.9 Å². The summed E-state index contributed by atoms with van der Waals surface area (Å²) in [4.78, 5) is 25.7. The molecule has 0 bridgehead atoms. The van der Waals surface area contributed by atoms with Crippen LogP contribution in [0, 0.1) is 0 Å². The fraction of sp³-hybridized carbons (Fsp3) is 0.0435. The molecule has 4 aromatic rings. The van der Waals surface area contributed by atoms with Crippen molar-refractivity contribution in [1.82, 2.24) is 15.0 Å². The van der Waals surface area contributed by atoms with E-state index in [0.29, 0.717) is 17.1 Å². The van der Waals surface area contributed by atoms with Gasteiger partial charge in [0.1, 0.15) is 0 Å². The van der Waals surface area contributed by atoms with Gasteiger partial charge in [0.25, 0.3) is 5.91 Å². The lowest BCUT2D eigenvalue weighted by molar-refractivity contribution is -0.136. The zero-order valence-electron chi connectivity index (χ0n) is 16.0. The molecule has 5 nitrogen and oxygen atoms in total. The van der Waals surface area contributed by atoms with E-state index in [4.69, 9.17) is 0 Å². The molecule has 0 aliphatic carbocycles. The number of amides is 1. The van der Waals surface area contributed by atoms with Crippen LogP contribution < -0.4 is 5.32 Å². The normalized spacial score (nSPS) is 11.2. The minimum atomic E-state index is -4.61. The third-order valence-electron chi connectivity index (χ3n) is 4.50. The average Bonchev–Trinajstić information content (AvgIpc) is 2.79. The van der Waals surface area contributed by atoms with Crippen LogP contribution in [0.2, 0.25) is 0 Å². The number of nitrogens with one attached hydrogen (secondary N) is 1. The van der Waals surface area contributed by atoms with Crippen molar-refractivity contribution in [3.05, 3.63) is 96.4 Å². The number of rotatable bonds is 4. The van der Waals surface area contributed by atoms with E-state index in [2.05, 4.69) is 20.3 Å². The van der Waals surface area contributed by atoms with Gasteiger partial charge in [-0.1, -0.05) is 42.5 Å². The summed E-state index contributed by atoms with van der Waals surface area (Å²) in [5.74, 6) is -0.359. The van der Waals surface area contributed by atoms with E-state index in [1.807, 2.05) is 30.3 Å². The first-order valence-corrected chi connectivity index (χ1v) is 9.24. The van der Waals surface area contributed by atoms with Gasteiger partial charge in [0.2, 0.25) is 0 Å². The number of anilines is 1. The Bertz CT molecular complexity index is 1210. The van der Waals surface area contributed by atoms with Crippen molar-refractivity contribution in [3.8, 4) is 22.6 Å². The highest BCUT2D eigenvalue weighted by Gasteiger charge is 2.33. The third-order valence-corrected chi connectivity index (χ3v) is 4.50. The highest BCUT2D eigenvalue weighted by atomic mass is 19.4. The van der Waals surface area contributed by atoms with E-state index >= 15 is 0 Å². The number of pyridine rings is 1. The van der Waals surface area contributed by atoms with E-state index < -0.39 is 17.6 Å². The number of para-hydroxylation sites is 1. The summed E-state index contributed by atoms with van der Waals surface area (Å²) in [6.07, 6.45) is -0.206. The molecule has 154 valence electrons. The largest absolute Gasteiger partial charge is 0.418 e.